The van der Waals surface area contributed by atoms with Crippen molar-refractivity contribution in [1.82, 2.24) is 4.90 Å². The SMILES string of the molecule is CC[C@H]1OC(=O)[C@H](C)[C@@H](OC2C[C@@](C)(OC)[C@@H](OC(C)=O)[C@H](C)O2)[C@H](C)[C@@H](O[C@@H]2O[C@H](C)C[C@H](N(C)C)[C@H]2OC(C)=O)[C@](C)(O)C[C@@H](C)C(=NOC(C)=O)[C@H](C)[C@@H](O)[C@]1(C)O. The summed E-state index contributed by atoms with van der Waals surface area (Å²) < 4.78 is 49.8. The summed E-state index contributed by atoms with van der Waals surface area (Å²) in [6.45, 7) is 20.3. The van der Waals surface area contributed by atoms with Gasteiger partial charge >= 0.3 is 23.9 Å². The zero-order chi connectivity index (χ0) is 46.5. The fourth-order valence-corrected chi connectivity index (χ4v) is 9.40. The van der Waals surface area contributed by atoms with E-state index in [0.717, 1.165) is 0 Å². The molecular formula is C43H74N2O16. The van der Waals surface area contributed by atoms with E-state index < -0.39 is 120 Å². The summed E-state index contributed by atoms with van der Waals surface area (Å²) in [4.78, 5) is 58.2. The minimum Gasteiger partial charge on any atom is -0.459 e. The zero-order valence-electron chi connectivity index (χ0n) is 39.0. The molecule has 3 rings (SSSR count). The van der Waals surface area contributed by atoms with Gasteiger partial charge in [0.25, 0.3) is 0 Å². The van der Waals surface area contributed by atoms with Gasteiger partial charge in [-0.05, 0) is 74.9 Å². The first-order chi connectivity index (χ1) is 28.1. The number of aliphatic hydroxyl groups excluding tert-OH is 1. The lowest BCUT2D eigenvalue weighted by Crippen LogP contribution is -2.62. The summed E-state index contributed by atoms with van der Waals surface area (Å²) in [7, 11) is 5.18. The molecule has 1 unspecified atom stereocenters. The molecular weight excluding hydrogens is 800 g/mol. The maximum atomic E-state index is 14.4. The van der Waals surface area contributed by atoms with E-state index in [9.17, 15) is 34.5 Å². The van der Waals surface area contributed by atoms with Crippen molar-refractivity contribution in [2.75, 3.05) is 21.2 Å². The number of aliphatic hydroxyl groups is 3. The highest BCUT2D eigenvalue weighted by molar-refractivity contribution is 5.89. The van der Waals surface area contributed by atoms with Crippen molar-refractivity contribution in [3.05, 3.63) is 0 Å². The number of carbonyl (C=O) groups is 4. The van der Waals surface area contributed by atoms with Crippen molar-refractivity contribution in [3.8, 4) is 0 Å². The lowest BCUT2D eigenvalue weighted by molar-refractivity contribution is -0.319. The Kier molecular flexibility index (Phi) is 18.3. The van der Waals surface area contributed by atoms with Gasteiger partial charge in [-0.25, -0.2) is 4.79 Å². The van der Waals surface area contributed by atoms with Gasteiger partial charge in [-0.3, -0.25) is 14.4 Å². The fraction of sp³-hybridized carbons (Fsp3) is 0.884. The van der Waals surface area contributed by atoms with Gasteiger partial charge in [0.2, 0.25) is 0 Å². The van der Waals surface area contributed by atoms with Gasteiger partial charge in [0.15, 0.2) is 24.8 Å². The molecule has 0 spiro atoms. The summed E-state index contributed by atoms with van der Waals surface area (Å²) in [5.41, 5.74) is -4.88. The number of carbonyl (C=O) groups excluding carboxylic acids is 4. The predicted octanol–water partition coefficient (Wildman–Crippen LogP) is 3.28. The van der Waals surface area contributed by atoms with Gasteiger partial charge < -0.3 is 63.0 Å². The minimum absolute atomic E-state index is 0.0460. The van der Waals surface area contributed by atoms with E-state index in [0.29, 0.717) is 6.42 Å². The molecule has 352 valence electrons. The first-order valence-corrected chi connectivity index (χ1v) is 21.4. The quantitative estimate of drug-likeness (QED) is 0.124. The number of rotatable bonds is 10. The van der Waals surface area contributed by atoms with Gasteiger partial charge in [0.1, 0.15) is 17.3 Å². The molecule has 0 aliphatic carbocycles. The Bertz CT molecular complexity index is 1540. The van der Waals surface area contributed by atoms with Crippen molar-refractivity contribution in [2.45, 2.75) is 200 Å². The third-order valence-corrected chi connectivity index (χ3v) is 12.7. The number of cyclic esters (lactones) is 1. The van der Waals surface area contributed by atoms with Crippen LogP contribution in [0.1, 0.15) is 116 Å². The van der Waals surface area contributed by atoms with E-state index in [4.69, 9.17) is 42.7 Å². The number of hydrogen-bond acceptors (Lipinski definition) is 18. The largest absolute Gasteiger partial charge is 0.459 e. The van der Waals surface area contributed by atoms with Crippen molar-refractivity contribution in [3.63, 3.8) is 0 Å². The average molecular weight is 875 g/mol. The summed E-state index contributed by atoms with van der Waals surface area (Å²) in [6.07, 6.45) is -9.96. The van der Waals surface area contributed by atoms with E-state index in [1.54, 1.807) is 48.5 Å². The second kappa shape index (κ2) is 21.2. The van der Waals surface area contributed by atoms with Gasteiger partial charge in [-0.15, -0.1) is 0 Å². The van der Waals surface area contributed by atoms with E-state index >= 15 is 0 Å². The summed E-state index contributed by atoms with van der Waals surface area (Å²) in [5.74, 6) is -6.44. The van der Waals surface area contributed by atoms with Crippen molar-refractivity contribution in [1.29, 1.82) is 0 Å². The van der Waals surface area contributed by atoms with E-state index in [1.807, 2.05) is 25.9 Å². The normalized spacial score (nSPS) is 43.8. The molecule has 0 aromatic rings. The Morgan fingerprint density at radius 3 is 1.98 bits per heavy atom. The number of nitrogens with zero attached hydrogens (tertiary/aromatic N) is 2. The smallest absolute Gasteiger partial charge is 0.331 e. The summed E-state index contributed by atoms with van der Waals surface area (Å²) in [5, 5.41) is 40.7. The first-order valence-electron chi connectivity index (χ1n) is 21.4. The Morgan fingerprint density at radius 1 is 0.852 bits per heavy atom. The van der Waals surface area contributed by atoms with Crippen LogP contribution in [-0.2, 0) is 61.9 Å². The lowest BCUT2D eigenvalue weighted by Gasteiger charge is -2.49. The predicted molar refractivity (Wildman–Crippen MR) is 220 cm³/mol. The maximum absolute atomic E-state index is 14.4. The van der Waals surface area contributed by atoms with Crippen LogP contribution in [0.15, 0.2) is 5.16 Å². The molecule has 0 aromatic heterocycles. The molecule has 18 nitrogen and oxygen atoms in total. The van der Waals surface area contributed by atoms with Gasteiger partial charge in [0, 0.05) is 52.1 Å². The minimum atomic E-state index is -2.04. The molecule has 18 atom stereocenters. The molecule has 0 radical (unpaired) electrons. The maximum Gasteiger partial charge on any atom is 0.331 e. The first kappa shape index (κ1) is 52.5. The monoisotopic (exact) mass is 875 g/mol. The van der Waals surface area contributed by atoms with E-state index in [2.05, 4.69) is 5.16 Å². The third kappa shape index (κ3) is 12.7. The zero-order valence-corrected chi connectivity index (χ0v) is 39.0. The van der Waals surface area contributed by atoms with Crippen LogP contribution in [-0.4, -0.2) is 155 Å². The molecule has 3 saturated heterocycles. The van der Waals surface area contributed by atoms with Crippen molar-refractivity contribution in [2.24, 2.45) is 28.8 Å². The molecule has 0 saturated carbocycles. The fourth-order valence-electron chi connectivity index (χ4n) is 9.40. The average Bonchev–Trinajstić information content (AvgIpc) is 3.15. The number of ether oxygens (including phenoxy) is 8. The number of hydrogen-bond donors (Lipinski definition) is 3. The Morgan fingerprint density at radius 2 is 1.46 bits per heavy atom. The van der Waals surface area contributed by atoms with E-state index in [1.165, 1.54) is 41.7 Å². The third-order valence-electron chi connectivity index (χ3n) is 12.7. The summed E-state index contributed by atoms with van der Waals surface area (Å²) >= 11 is 0. The lowest BCUT2D eigenvalue weighted by atomic mass is 9.73. The van der Waals surface area contributed by atoms with Crippen LogP contribution in [0.3, 0.4) is 0 Å². The van der Waals surface area contributed by atoms with Crippen LogP contribution in [0, 0.1) is 23.7 Å². The van der Waals surface area contributed by atoms with Gasteiger partial charge in [-0.2, -0.15) is 0 Å². The summed E-state index contributed by atoms with van der Waals surface area (Å²) in [6, 6.07) is -0.353. The molecule has 0 bridgehead atoms. The van der Waals surface area contributed by atoms with Crippen LogP contribution in [0.2, 0.25) is 0 Å². The Balaban J connectivity index is 2.31. The Labute approximate surface area is 361 Å². The number of methoxy groups -OCH3 is 1. The topological polar surface area (TPSA) is 228 Å². The Hall–Kier alpha value is -2.81. The van der Waals surface area contributed by atoms with Crippen LogP contribution in [0.25, 0.3) is 0 Å². The highest BCUT2D eigenvalue weighted by atomic mass is 16.7. The van der Waals surface area contributed by atoms with Crippen molar-refractivity contribution < 1.29 is 77.2 Å². The molecule has 18 heteroatoms. The molecule has 3 fully saturated rings. The second-order valence-electron chi connectivity index (χ2n) is 18.3. The van der Waals surface area contributed by atoms with Gasteiger partial charge in [0.05, 0.1) is 53.8 Å². The molecule has 0 aromatic carbocycles. The molecule has 3 N–H and O–H groups in total. The standard InChI is InChI=1S/C43H74N2O16/c1-17-31-43(13,52)36(49)23(4)33(44-61-29(10)48)21(2)19-41(11,51)37(60-40-35(56-27(8)46)30(45(14)15)18-22(3)54-40)24(5)34(25(6)39(50)58-31)59-32-20-42(12,53-16)38(26(7)55-32)57-28(9)47/h21-26,30-32,34-38,40,49,51-52H,17-20H2,1-16H3/t21-,22-,23+,24+,25-,26+,30+,31-,32?,34+,35-,36-,37-,38+,40+,41-,42-,43-/m1/s1. The molecule has 3 aliphatic heterocycles. The van der Waals surface area contributed by atoms with Crippen LogP contribution in [0.5, 0.6) is 0 Å². The molecule has 0 amide bonds. The van der Waals surface area contributed by atoms with Crippen LogP contribution < -0.4 is 0 Å². The molecule has 61 heavy (non-hydrogen) atoms. The van der Waals surface area contributed by atoms with E-state index in [-0.39, 0.29) is 37.1 Å². The van der Waals surface area contributed by atoms with Crippen molar-refractivity contribution >= 4 is 29.6 Å². The number of likely N-dealkylation sites (N-methyl/N-ethyl adjacent to an activating group) is 1. The molecule has 3 aliphatic rings. The van der Waals surface area contributed by atoms with Crippen LogP contribution in [0.4, 0.5) is 0 Å². The number of oxime groups is 1. The highest BCUT2D eigenvalue weighted by Crippen LogP contribution is 2.42. The van der Waals surface area contributed by atoms with Crippen LogP contribution >= 0.6 is 0 Å². The van der Waals surface area contributed by atoms with Gasteiger partial charge in [-0.1, -0.05) is 32.9 Å². The molecule has 3 heterocycles. The number of esters is 3. The highest BCUT2D eigenvalue weighted by Gasteiger charge is 2.54. The second-order valence-corrected chi connectivity index (χ2v) is 18.3.